The number of alkyl halides is 3. The van der Waals surface area contributed by atoms with Gasteiger partial charge in [-0.3, -0.25) is 0 Å². The summed E-state index contributed by atoms with van der Waals surface area (Å²) < 4.78 is 61.4. The lowest BCUT2D eigenvalue weighted by atomic mass is 10.0. The minimum absolute atomic E-state index is 0.124. The maximum absolute atomic E-state index is 12.0. The van der Waals surface area contributed by atoms with E-state index in [0.29, 0.717) is 5.56 Å². The van der Waals surface area contributed by atoms with Crippen LogP contribution in [0.2, 0.25) is 0 Å². The maximum Gasteiger partial charge on any atom is 0.534 e. The topological polar surface area (TPSA) is 63.6 Å². The second kappa shape index (κ2) is 5.15. The first kappa shape index (κ1) is 14.8. The molecule has 0 fully saturated rings. The van der Waals surface area contributed by atoms with Gasteiger partial charge in [-0.05, 0) is 17.7 Å². The fourth-order valence-electron chi connectivity index (χ4n) is 1.13. The third-order valence-corrected chi connectivity index (χ3v) is 3.19. The second-order valence-electron chi connectivity index (χ2n) is 3.64. The van der Waals surface area contributed by atoms with Gasteiger partial charge in [0, 0.05) is 12.5 Å². The Labute approximate surface area is 102 Å². The molecule has 1 aromatic rings. The molecule has 4 nitrogen and oxygen atoms in total. The molecule has 1 atom stereocenters. The van der Waals surface area contributed by atoms with Gasteiger partial charge in [0.25, 0.3) is 0 Å². The van der Waals surface area contributed by atoms with Crippen molar-refractivity contribution in [1.82, 2.24) is 0 Å². The minimum Gasteiger partial charge on any atom is -0.396 e. The number of halogens is 3. The SMILES string of the molecule is CC(CO)c1ccc(OS(=O)(=O)C(F)(F)F)cc1. The van der Waals surface area contributed by atoms with Crippen molar-refractivity contribution < 1.29 is 30.9 Å². The van der Waals surface area contributed by atoms with Crippen LogP contribution in [-0.2, 0) is 10.1 Å². The van der Waals surface area contributed by atoms with E-state index in [1.165, 1.54) is 12.1 Å². The molecule has 0 heterocycles. The second-order valence-corrected chi connectivity index (χ2v) is 5.17. The number of aliphatic hydroxyl groups excluding tert-OH is 1. The summed E-state index contributed by atoms with van der Waals surface area (Å²) in [4.78, 5) is 0. The van der Waals surface area contributed by atoms with E-state index >= 15 is 0 Å². The summed E-state index contributed by atoms with van der Waals surface area (Å²) in [6, 6.07) is 4.99. The maximum atomic E-state index is 12.0. The highest BCUT2D eigenvalue weighted by Crippen LogP contribution is 2.27. The Hall–Kier alpha value is -1.28. The summed E-state index contributed by atoms with van der Waals surface area (Å²) in [5.41, 5.74) is -4.79. The van der Waals surface area contributed by atoms with Gasteiger partial charge in [-0.1, -0.05) is 19.1 Å². The van der Waals surface area contributed by atoms with Gasteiger partial charge < -0.3 is 9.29 Å². The number of hydrogen-bond donors (Lipinski definition) is 1. The van der Waals surface area contributed by atoms with E-state index in [4.69, 9.17) is 5.11 Å². The van der Waals surface area contributed by atoms with Gasteiger partial charge in [-0.25, -0.2) is 0 Å². The van der Waals surface area contributed by atoms with Crippen molar-refractivity contribution in [2.45, 2.75) is 18.3 Å². The monoisotopic (exact) mass is 284 g/mol. The van der Waals surface area contributed by atoms with E-state index in [1.54, 1.807) is 6.92 Å². The van der Waals surface area contributed by atoms with E-state index in [2.05, 4.69) is 4.18 Å². The zero-order valence-corrected chi connectivity index (χ0v) is 10.1. The van der Waals surface area contributed by atoms with Crippen molar-refractivity contribution in [3.05, 3.63) is 29.8 Å². The van der Waals surface area contributed by atoms with Gasteiger partial charge in [-0.2, -0.15) is 21.6 Å². The fraction of sp³-hybridized carbons (Fsp3) is 0.400. The molecule has 18 heavy (non-hydrogen) atoms. The average Bonchev–Trinajstić information content (AvgIpc) is 2.27. The summed E-state index contributed by atoms with van der Waals surface area (Å²) >= 11 is 0. The molecule has 0 aliphatic carbocycles. The number of rotatable bonds is 4. The van der Waals surface area contributed by atoms with Crippen LogP contribution in [0, 0.1) is 0 Å². The predicted molar refractivity (Wildman–Crippen MR) is 57.5 cm³/mol. The zero-order chi connectivity index (χ0) is 14.0. The Bertz CT molecular complexity index is 493. The molecule has 0 aliphatic heterocycles. The summed E-state index contributed by atoms with van der Waals surface area (Å²) in [7, 11) is -5.64. The quantitative estimate of drug-likeness (QED) is 0.678. The van der Waals surface area contributed by atoms with Crippen molar-refractivity contribution in [1.29, 1.82) is 0 Å². The summed E-state index contributed by atoms with van der Waals surface area (Å²) in [5.74, 6) is -0.625. The lowest BCUT2D eigenvalue weighted by Crippen LogP contribution is -2.28. The summed E-state index contributed by atoms with van der Waals surface area (Å²) in [6.07, 6.45) is 0. The highest BCUT2D eigenvalue weighted by atomic mass is 32.2. The zero-order valence-electron chi connectivity index (χ0n) is 9.31. The van der Waals surface area contributed by atoms with Crippen LogP contribution in [0.4, 0.5) is 13.2 Å². The molecule has 8 heteroatoms. The van der Waals surface area contributed by atoms with Crippen molar-refractivity contribution in [2.24, 2.45) is 0 Å². The number of aliphatic hydroxyl groups is 1. The lowest BCUT2D eigenvalue weighted by molar-refractivity contribution is -0.0500. The molecular formula is C10H11F3O4S. The number of benzene rings is 1. The predicted octanol–water partition coefficient (Wildman–Crippen LogP) is 2.01. The van der Waals surface area contributed by atoms with Crippen LogP contribution in [0.3, 0.4) is 0 Å². The fourth-order valence-corrected chi connectivity index (χ4v) is 1.59. The Morgan fingerprint density at radius 1 is 1.28 bits per heavy atom. The van der Waals surface area contributed by atoms with Crippen molar-refractivity contribution in [2.75, 3.05) is 6.61 Å². The molecular weight excluding hydrogens is 273 g/mol. The Kier molecular flexibility index (Phi) is 4.23. The largest absolute Gasteiger partial charge is 0.534 e. The normalized spacial score (nSPS) is 14.3. The molecule has 1 aromatic carbocycles. The van der Waals surface area contributed by atoms with Gasteiger partial charge in [0.1, 0.15) is 5.75 Å². The molecule has 0 saturated carbocycles. The summed E-state index contributed by atoms with van der Waals surface area (Å²) in [6.45, 7) is 1.59. The molecule has 1 N–H and O–H groups in total. The van der Waals surface area contributed by atoms with Crippen LogP contribution < -0.4 is 4.18 Å². The first-order valence-corrected chi connectivity index (χ1v) is 6.30. The molecule has 0 aliphatic rings. The van der Waals surface area contributed by atoms with Gasteiger partial charge in [0.2, 0.25) is 0 Å². The van der Waals surface area contributed by atoms with Crippen molar-refractivity contribution in [3.63, 3.8) is 0 Å². The molecule has 0 spiro atoms. The molecule has 0 bridgehead atoms. The molecule has 1 unspecified atom stereocenters. The first-order chi connectivity index (χ1) is 8.17. The summed E-state index contributed by atoms with van der Waals surface area (Å²) in [5, 5.41) is 8.87. The third kappa shape index (κ3) is 3.36. The van der Waals surface area contributed by atoms with Crippen LogP contribution in [0.25, 0.3) is 0 Å². The standard InChI is InChI=1S/C10H11F3O4S/c1-7(6-14)8-2-4-9(5-3-8)17-18(15,16)10(11,12)13/h2-5,7,14H,6H2,1H3. The van der Waals surface area contributed by atoms with Gasteiger partial charge in [0.15, 0.2) is 0 Å². The highest BCUT2D eigenvalue weighted by Gasteiger charge is 2.48. The molecule has 1 rings (SSSR count). The van der Waals surface area contributed by atoms with E-state index in [0.717, 1.165) is 12.1 Å². The lowest BCUT2D eigenvalue weighted by Gasteiger charge is -2.11. The molecule has 102 valence electrons. The minimum atomic E-state index is -5.64. The Morgan fingerprint density at radius 3 is 2.17 bits per heavy atom. The Balaban J connectivity index is 2.89. The van der Waals surface area contributed by atoms with E-state index in [-0.39, 0.29) is 12.5 Å². The average molecular weight is 284 g/mol. The van der Waals surface area contributed by atoms with Crippen LogP contribution in [0.15, 0.2) is 24.3 Å². The smallest absolute Gasteiger partial charge is 0.396 e. The molecule has 0 saturated heterocycles. The van der Waals surface area contributed by atoms with Gasteiger partial charge >= 0.3 is 15.6 Å². The van der Waals surface area contributed by atoms with E-state index in [9.17, 15) is 21.6 Å². The highest BCUT2D eigenvalue weighted by molar-refractivity contribution is 7.87. The van der Waals surface area contributed by atoms with E-state index in [1.807, 2.05) is 0 Å². The Morgan fingerprint density at radius 2 is 1.78 bits per heavy atom. The molecule has 0 radical (unpaired) electrons. The van der Waals surface area contributed by atoms with Gasteiger partial charge in [0.05, 0.1) is 0 Å². The van der Waals surface area contributed by atoms with Crippen LogP contribution in [-0.4, -0.2) is 25.6 Å². The van der Waals surface area contributed by atoms with Crippen molar-refractivity contribution in [3.8, 4) is 5.75 Å². The third-order valence-electron chi connectivity index (χ3n) is 2.21. The van der Waals surface area contributed by atoms with Crippen LogP contribution in [0.5, 0.6) is 5.75 Å². The van der Waals surface area contributed by atoms with E-state index < -0.39 is 21.4 Å². The van der Waals surface area contributed by atoms with Crippen LogP contribution in [0.1, 0.15) is 18.4 Å². The number of hydrogen-bond acceptors (Lipinski definition) is 4. The molecule has 0 amide bonds. The van der Waals surface area contributed by atoms with Gasteiger partial charge in [-0.15, -0.1) is 0 Å². The first-order valence-electron chi connectivity index (χ1n) is 4.89. The van der Waals surface area contributed by atoms with Crippen LogP contribution >= 0.6 is 0 Å². The molecule has 0 aromatic heterocycles. The van der Waals surface area contributed by atoms with Crippen molar-refractivity contribution >= 4 is 10.1 Å².